The third kappa shape index (κ3) is 9.39. The summed E-state index contributed by atoms with van der Waals surface area (Å²) in [5.41, 5.74) is 5.20. The van der Waals surface area contributed by atoms with E-state index in [0.717, 1.165) is 24.0 Å². The molecule has 31 heavy (non-hydrogen) atoms. The number of esters is 1. The second-order valence-corrected chi connectivity index (χ2v) is 6.83. The van der Waals surface area contributed by atoms with Gasteiger partial charge in [-0.1, -0.05) is 60.7 Å². The molecule has 0 amide bonds. The smallest absolute Gasteiger partial charge is 0.414 e. The van der Waals surface area contributed by atoms with E-state index in [0.29, 0.717) is 19.8 Å². The molecule has 0 radical (unpaired) electrons. The second-order valence-electron chi connectivity index (χ2n) is 6.83. The van der Waals surface area contributed by atoms with Gasteiger partial charge in [-0.15, -0.1) is 0 Å². The summed E-state index contributed by atoms with van der Waals surface area (Å²) < 4.78 is 5.39. The molecule has 0 aliphatic carbocycles. The minimum absolute atomic E-state index is 0.187. The number of rotatable bonds is 7. The molecule has 1 aliphatic rings. The van der Waals surface area contributed by atoms with Crippen LogP contribution in [0.5, 0.6) is 0 Å². The number of carboxylic acid groups (broad SMARTS) is 2. The van der Waals surface area contributed by atoms with Crippen molar-refractivity contribution >= 4 is 17.9 Å². The summed E-state index contributed by atoms with van der Waals surface area (Å²) in [6.45, 7) is 1.53. The maximum atomic E-state index is 12.1. The first-order chi connectivity index (χ1) is 15.0. The zero-order valence-corrected chi connectivity index (χ0v) is 16.9. The lowest BCUT2D eigenvalue weighted by Crippen LogP contribution is -2.51. The second kappa shape index (κ2) is 13.1. The van der Waals surface area contributed by atoms with E-state index in [1.165, 1.54) is 0 Å². The van der Waals surface area contributed by atoms with E-state index >= 15 is 0 Å². The number of hydroxylamine groups is 1. The molecule has 9 nitrogen and oxygen atoms in total. The summed E-state index contributed by atoms with van der Waals surface area (Å²) in [6.07, 6.45) is 1.60. The lowest BCUT2D eigenvalue weighted by molar-refractivity contribution is -0.159. The molecule has 0 spiro atoms. The van der Waals surface area contributed by atoms with Crippen molar-refractivity contribution in [3.8, 4) is 0 Å². The number of aliphatic carboxylic acids is 2. The van der Waals surface area contributed by atoms with Crippen molar-refractivity contribution in [1.29, 1.82) is 0 Å². The maximum Gasteiger partial charge on any atom is 0.414 e. The molecule has 4 N–H and O–H groups in total. The van der Waals surface area contributed by atoms with Crippen molar-refractivity contribution in [2.45, 2.75) is 38.1 Å². The van der Waals surface area contributed by atoms with Crippen molar-refractivity contribution in [3.63, 3.8) is 0 Å². The molecular weight excluding hydrogens is 404 g/mol. The van der Waals surface area contributed by atoms with E-state index in [1.54, 1.807) is 0 Å². The highest BCUT2D eigenvalue weighted by Crippen LogP contribution is 2.11. The van der Waals surface area contributed by atoms with Gasteiger partial charge in [0.25, 0.3) is 0 Å². The normalized spacial score (nSPS) is 17.7. The van der Waals surface area contributed by atoms with Gasteiger partial charge in [0, 0.05) is 12.6 Å². The van der Waals surface area contributed by atoms with Crippen LogP contribution in [0, 0.1) is 0 Å². The molecule has 1 fully saturated rings. The summed E-state index contributed by atoms with van der Waals surface area (Å²) in [5, 5.41) is 18.0. The molecule has 3 rings (SSSR count). The van der Waals surface area contributed by atoms with E-state index in [-0.39, 0.29) is 18.1 Å². The zero-order chi connectivity index (χ0) is 22.5. The minimum atomic E-state index is -1.82. The first-order valence-electron chi connectivity index (χ1n) is 9.77. The number of ether oxygens (including phenoxy) is 1. The van der Waals surface area contributed by atoms with Crippen LogP contribution in [0.15, 0.2) is 60.7 Å². The van der Waals surface area contributed by atoms with Crippen LogP contribution in [0.1, 0.15) is 24.0 Å². The van der Waals surface area contributed by atoms with E-state index in [2.05, 4.69) is 10.8 Å². The van der Waals surface area contributed by atoms with Crippen LogP contribution in [0.25, 0.3) is 0 Å². The van der Waals surface area contributed by atoms with E-state index in [9.17, 15) is 4.79 Å². The highest BCUT2D eigenvalue weighted by Gasteiger charge is 2.26. The number of nitrogens with one attached hydrogen (secondary N) is 2. The molecule has 0 aromatic heterocycles. The molecule has 9 heteroatoms. The predicted molar refractivity (Wildman–Crippen MR) is 111 cm³/mol. The first kappa shape index (κ1) is 24.0. The number of hydrogen-bond acceptors (Lipinski definition) is 7. The van der Waals surface area contributed by atoms with Crippen LogP contribution in [0.4, 0.5) is 0 Å². The largest absolute Gasteiger partial charge is 0.473 e. The van der Waals surface area contributed by atoms with Crippen LogP contribution in [-0.2, 0) is 37.2 Å². The van der Waals surface area contributed by atoms with Crippen molar-refractivity contribution in [1.82, 2.24) is 10.8 Å². The third-order valence-electron chi connectivity index (χ3n) is 4.44. The standard InChI is InChI=1S/C20H24N2O3.C2H2O4/c23-20(24-14-16-7-3-1-4-8-16)19-12-11-18(13-21-19)22-25-15-17-9-5-2-6-10-17;3-1(4)2(5)6/h1-10,18-19,21-22H,11-15H2;(H,3,4)(H,5,6)/t18-,19?;/m0./s1. The van der Waals surface area contributed by atoms with Crippen molar-refractivity contribution < 1.29 is 34.2 Å². The fraction of sp³-hybridized carbons (Fsp3) is 0.318. The highest BCUT2D eigenvalue weighted by molar-refractivity contribution is 6.27. The fourth-order valence-electron chi connectivity index (χ4n) is 2.80. The summed E-state index contributed by atoms with van der Waals surface area (Å²) in [6, 6.07) is 19.7. The Labute approximate surface area is 179 Å². The third-order valence-corrected chi connectivity index (χ3v) is 4.44. The van der Waals surface area contributed by atoms with Gasteiger partial charge in [-0.3, -0.25) is 9.63 Å². The van der Waals surface area contributed by atoms with E-state index in [4.69, 9.17) is 29.4 Å². The minimum Gasteiger partial charge on any atom is -0.473 e. The fourth-order valence-corrected chi connectivity index (χ4v) is 2.80. The highest BCUT2D eigenvalue weighted by atomic mass is 16.6. The molecule has 166 valence electrons. The van der Waals surface area contributed by atoms with Gasteiger partial charge in [0.15, 0.2) is 0 Å². The molecular formula is C22H26N2O7. The molecule has 2 aromatic carbocycles. The van der Waals surface area contributed by atoms with Gasteiger partial charge in [-0.25, -0.2) is 9.59 Å². The number of benzene rings is 2. The lowest BCUT2D eigenvalue weighted by atomic mass is 10.0. The number of hydrogen-bond donors (Lipinski definition) is 4. The van der Waals surface area contributed by atoms with Crippen LogP contribution in [0.2, 0.25) is 0 Å². The average Bonchev–Trinajstić information content (AvgIpc) is 2.80. The van der Waals surface area contributed by atoms with Gasteiger partial charge in [0.2, 0.25) is 0 Å². The average molecular weight is 430 g/mol. The monoisotopic (exact) mass is 430 g/mol. The van der Waals surface area contributed by atoms with Crippen LogP contribution in [0.3, 0.4) is 0 Å². The molecule has 0 bridgehead atoms. The SMILES string of the molecule is O=C(O)C(=O)O.O=C(OCc1ccccc1)C1CC[C@H](NOCc2ccccc2)CN1. The molecule has 1 aliphatic heterocycles. The van der Waals surface area contributed by atoms with Crippen molar-refractivity contribution in [2.75, 3.05) is 6.54 Å². The molecule has 2 aromatic rings. The van der Waals surface area contributed by atoms with Gasteiger partial charge in [0.05, 0.1) is 6.61 Å². The van der Waals surface area contributed by atoms with Gasteiger partial charge < -0.3 is 20.3 Å². The van der Waals surface area contributed by atoms with Crippen molar-refractivity contribution in [2.24, 2.45) is 0 Å². The number of carboxylic acids is 2. The molecule has 1 unspecified atom stereocenters. The molecule has 2 atom stereocenters. The Hall–Kier alpha value is -3.27. The van der Waals surface area contributed by atoms with Gasteiger partial charge >= 0.3 is 17.9 Å². The first-order valence-corrected chi connectivity index (χ1v) is 9.77. The quantitative estimate of drug-likeness (QED) is 0.294. The summed E-state index contributed by atoms with van der Waals surface area (Å²) in [5.74, 6) is -3.84. The Kier molecular flexibility index (Phi) is 10.2. The molecule has 1 saturated heterocycles. The Balaban J connectivity index is 0.000000501. The molecule has 0 saturated carbocycles. The Morgan fingerprint density at radius 3 is 1.90 bits per heavy atom. The van der Waals surface area contributed by atoms with Crippen LogP contribution in [-0.4, -0.2) is 46.7 Å². The lowest BCUT2D eigenvalue weighted by Gasteiger charge is -2.28. The van der Waals surface area contributed by atoms with E-state index < -0.39 is 11.9 Å². The summed E-state index contributed by atoms with van der Waals surface area (Å²) in [7, 11) is 0. The number of carbonyl (C=O) groups is 3. The Morgan fingerprint density at radius 2 is 1.42 bits per heavy atom. The topological polar surface area (TPSA) is 134 Å². The number of piperidine rings is 1. The van der Waals surface area contributed by atoms with Gasteiger partial charge in [-0.05, 0) is 24.0 Å². The number of carbonyl (C=O) groups excluding carboxylic acids is 1. The van der Waals surface area contributed by atoms with Crippen LogP contribution >= 0.6 is 0 Å². The Morgan fingerprint density at radius 1 is 0.871 bits per heavy atom. The van der Waals surface area contributed by atoms with E-state index in [1.807, 2.05) is 60.7 Å². The van der Waals surface area contributed by atoms with Crippen LogP contribution < -0.4 is 10.8 Å². The van der Waals surface area contributed by atoms with Crippen molar-refractivity contribution in [3.05, 3.63) is 71.8 Å². The zero-order valence-electron chi connectivity index (χ0n) is 16.9. The Bertz CT molecular complexity index is 810. The molecule has 1 heterocycles. The maximum absolute atomic E-state index is 12.1. The predicted octanol–water partition coefficient (Wildman–Crippen LogP) is 1.73. The summed E-state index contributed by atoms with van der Waals surface area (Å²) >= 11 is 0. The van der Waals surface area contributed by atoms with Gasteiger partial charge in [-0.2, -0.15) is 5.48 Å². The summed E-state index contributed by atoms with van der Waals surface area (Å²) in [4.78, 5) is 35.9. The van der Waals surface area contributed by atoms with Gasteiger partial charge in [0.1, 0.15) is 12.6 Å².